The number of carbonyl (C=O) groups is 1. The monoisotopic (exact) mass is 294 g/mol. The van der Waals surface area contributed by atoms with Crippen molar-refractivity contribution in [3.8, 4) is 0 Å². The number of nitrogens with zero attached hydrogens (tertiary/aromatic N) is 1. The Kier molecular flexibility index (Phi) is 4.55. The molecule has 21 heavy (non-hydrogen) atoms. The minimum Gasteiger partial charge on any atom is -0.468 e. The van der Waals surface area contributed by atoms with Crippen LogP contribution in [0.25, 0.3) is 0 Å². The normalized spacial score (nSPS) is 37.6. The molecule has 3 aliphatic rings. The maximum Gasteiger partial charge on any atom is 0.326 e. The summed E-state index contributed by atoms with van der Waals surface area (Å²) in [6.45, 7) is 3.51. The van der Waals surface area contributed by atoms with Gasteiger partial charge >= 0.3 is 5.97 Å². The van der Waals surface area contributed by atoms with E-state index in [1.807, 2.05) is 0 Å². The van der Waals surface area contributed by atoms with E-state index in [-0.39, 0.29) is 5.97 Å². The van der Waals surface area contributed by atoms with Gasteiger partial charge in [0, 0.05) is 18.1 Å². The first kappa shape index (κ1) is 15.3. The van der Waals surface area contributed by atoms with E-state index in [1.165, 1.54) is 52.2 Å². The quantitative estimate of drug-likeness (QED) is 0.791. The van der Waals surface area contributed by atoms with Crippen molar-refractivity contribution in [3.05, 3.63) is 0 Å². The maximum atomic E-state index is 12.5. The van der Waals surface area contributed by atoms with Crippen molar-refractivity contribution in [1.82, 2.24) is 10.2 Å². The fourth-order valence-electron chi connectivity index (χ4n) is 4.50. The fraction of sp³-hybridized carbons (Fsp3) is 0.941. The summed E-state index contributed by atoms with van der Waals surface area (Å²) in [4.78, 5) is 15.1. The van der Waals surface area contributed by atoms with Crippen LogP contribution in [0.15, 0.2) is 0 Å². The van der Waals surface area contributed by atoms with Crippen molar-refractivity contribution in [2.24, 2.45) is 0 Å². The number of hydrogen-bond acceptors (Lipinski definition) is 4. The number of methoxy groups -OCH3 is 1. The van der Waals surface area contributed by atoms with Crippen LogP contribution in [-0.2, 0) is 9.53 Å². The van der Waals surface area contributed by atoms with E-state index >= 15 is 0 Å². The summed E-state index contributed by atoms with van der Waals surface area (Å²) >= 11 is 0. The van der Waals surface area contributed by atoms with Gasteiger partial charge in [0.05, 0.1) is 7.11 Å². The lowest BCUT2D eigenvalue weighted by Crippen LogP contribution is -2.59. The molecule has 1 aliphatic heterocycles. The highest BCUT2D eigenvalue weighted by Gasteiger charge is 2.48. The summed E-state index contributed by atoms with van der Waals surface area (Å²) in [7, 11) is 1.53. The molecule has 3 rings (SSSR count). The van der Waals surface area contributed by atoms with Crippen LogP contribution < -0.4 is 5.32 Å². The lowest BCUT2D eigenvalue weighted by molar-refractivity contribution is -0.151. The highest BCUT2D eigenvalue weighted by Crippen LogP contribution is 2.38. The van der Waals surface area contributed by atoms with Crippen molar-refractivity contribution < 1.29 is 9.53 Å². The van der Waals surface area contributed by atoms with Gasteiger partial charge in [-0.1, -0.05) is 6.92 Å². The molecule has 3 unspecified atom stereocenters. The van der Waals surface area contributed by atoms with Gasteiger partial charge in [0.25, 0.3) is 0 Å². The third-order valence-electron chi connectivity index (χ3n) is 5.72. The van der Waals surface area contributed by atoms with Crippen LogP contribution in [-0.4, -0.2) is 48.2 Å². The van der Waals surface area contributed by atoms with Crippen molar-refractivity contribution in [2.75, 3.05) is 13.7 Å². The molecular weight excluding hydrogens is 264 g/mol. The van der Waals surface area contributed by atoms with Crippen LogP contribution in [0.2, 0.25) is 0 Å². The van der Waals surface area contributed by atoms with E-state index in [0.29, 0.717) is 12.1 Å². The van der Waals surface area contributed by atoms with E-state index in [0.717, 1.165) is 25.3 Å². The molecule has 0 aromatic rings. The van der Waals surface area contributed by atoms with Crippen LogP contribution in [0.5, 0.6) is 0 Å². The van der Waals surface area contributed by atoms with Crippen LogP contribution in [0, 0.1) is 0 Å². The number of nitrogens with one attached hydrogen (secondary N) is 1. The molecule has 2 saturated carbocycles. The second-order valence-electron chi connectivity index (χ2n) is 7.18. The molecule has 1 N–H and O–H groups in total. The summed E-state index contributed by atoms with van der Waals surface area (Å²) in [5, 5.41) is 3.64. The first-order valence-corrected chi connectivity index (χ1v) is 8.80. The highest BCUT2D eigenvalue weighted by molar-refractivity contribution is 5.81. The van der Waals surface area contributed by atoms with E-state index in [1.54, 1.807) is 0 Å². The van der Waals surface area contributed by atoms with Gasteiger partial charge < -0.3 is 4.74 Å². The Bertz CT molecular complexity index is 383. The minimum absolute atomic E-state index is 0.0358. The standard InChI is InChI=1S/C17H30N2O2/c1-3-14-7-5-11-19(14)15-6-4-10-17(12-15,16(20)21-2)18-13-8-9-13/h13-15,18H,3-12H2,1-2H3. The zero-order chi connectivity index (χ0) is 14.9. The third kappa shape index (κ3) is 3.11. The zero-order valence-electron chi connectivity index (χ0n) is 13.6. The molecule has 4 nitrogen and oxygen atoms in total. The first-order chi connectivity index (χ1) is 10.2. The summed E-state index contributed by atoms with van der Waals surface area (Å²) in [6.07, 6.45) is 10.6. The van der Waals surface area contributed by atoms with Gasteiger partial charge in [-0.25, -0.2) is 0 Å². The molecule has 4 heteroatoms. The molecule has 2 aliphatic carbocycles. The average Bonchev–Trinajstić information content (AvgIpc) is 3.19. The van der Waals surface area contributed by atoms with E-state index in [4.69, 9.17) is 4.74 Å². The Labute approximate surface area is 128 Å². The van der Waals surface area contributed by atoms with Gasteiger partial charge in [0.2, 0.25) is 0 Å². The van der Waals surface area contributed by atoms with E-state index < -0.39 is 5.54 Å². The lowest BCUT2D eigenvalue weighted by atomic mass is 9.78. The van der Waals surface area contributed by atoms with E-state index in [2.05, 4.69) is 17.1 Å². The summed E-state index contributed by atoms with van der Waals surface area (Å²) < 4.78 is 5.17. The van der Waals surface area contributed by atoms with Crippen LogP contribution in [0.1, 0.15) is 64.7 Å². The molecule has 0 spiro atoms. The Balaban J connectivity index is 1.73. The number of carbonyl (C=O) groups excluding carboxylic acids is 1. The van der Waals surface area contributed by atoms with Gasteiger partial charge in [-0.05, 0) is 64.3 Å². The van der Waals surface area contributed by atoms with Crippen LogP contribution in [0.3, 0.4) is 0 Å². The van der Waals surface area contributed by atoms with Gasteiger partial charge in [0.15, 0.2) is 0 Å². The highest BCUT2D eigenvalue weighted by atomic mass is 16.5. The topological polar surface area (TPSA) is 41.6 Å². The Morgan fingerprint density at radius 2 is 2.10 bits per heavy atom. The van der Waals surface area contributed by atoms with Crippen molar-refractivity contribution in [1.29, 1.82) is 0 Å². The van der Waals surface area contributed by atoms with Gasteiger partial charge in [-0.3, -0.25) is 15.0 Å². The van der Waals surface area contributed by atoms with E-state index in [9.17, 15) is 4.79 Å². The summed E-state index contributed by atoms with van der Waals surface area (Å²) in [6, 6.07) is 1.82. The molecule has 1 saturated heterocycles. The van der Waals surface area contributed by atoms with Crippen molar-refractivity contribution in [3.63, 3.8) is 0 Å². The molecule has 0 aromatic heterocycles. The molecule has 0 radical (unpaired) electrons. The fourth-order valence-corrected chi connectivity index (χ4v) is 4.50. The van der Waals surface area contributed by atoms with Crippen LogP contribution >= 0.6 is 0 Å². The number of hydrogen-bond donors (Lipinski definition) is 1. The number of rotatable bonds is 5. The molecule has 0 amide bonds. The maximum absolute atomic E-state index is 12.5. The number of esters is 1. The largest absolute Gasteiger partial charge is 0.468 e. The average molecular weight is 294 g/mol. The van der Waals surface area contributed by atoms with Gasteiger partial charge in [-0.2, -0.15) is 0 Å². The van der Waals surface area contributed by atoms with Gasteiger partial charge in [-0.15, -0.1) is 0 Å². The number of ether oxygens (including phenoxy) is 1. The summed E-state index contributed by atoms with van der Waals surface area (Å²) in [5.41, 5.74) is -0.417. The van der Waals surface area contributed by atoms with Crippen LogP contribution in [0.4, 0.5) is 0 Å². The molecule has 0 aromatic carbocycles. The lowest BCUT2D eigenvalue weighted by Gasteiger charge is -2.44. The molecule has 3 fully saturated rings. The minimum atomic E-state index is -0.417. The zero-order valence-corrected chi connectivity index (χ0v) is 13.6. The first-order valence-electron chi connectivity index (χ1n) is 8.80. The SMILES string of the molecule is CCC1CCCN1C1CCCC(NC2CC2)(C(=O)OC)C1. The second-order valence-corrected chi connectivity index (χ2v) is 7.18. The number of likely N-dealkylation sites (tertiary alicyclic amines) is 1. The van der Waals surface area contributed by atoms with Crippen molar-refractivity contribution in [2.45, 2.75) is 88.4 Å². The van der Waals surface area contributed by atoms with Crippen molar-refractivity contribution >= 4 is 5.97 Å². The molecular formula is C17H30N2O2. The molecule has 0 bridgehead atoms. The van der Waals surface area contributed by atoms with Gasteiger partial charge in [0.1, 0.15) is 5.54 Å². The Morgan fingerprint density at radius 1 is 1.29 bits per heavy atom. The predicted octanol–water partition coefficient (Wildman–Crippen LogP) is 2.47. The third-order valence-corrected chi connectivity index (χ3v) is 5.72. The Morgan fingerprint density at radius 3 is 2.76 bits per heavy atom. The predicted molar refractivity (Wildman–Crippen MR) is 83.2 cm³/mol. The Hall–Kier alpha value is -0.610. The molecule has 1 heterocycles. The smallest absolute Gasteiger partial charge is 0.326 e. The second kappa shape index (κ2) is 6.25. The summed E-state index contributed by atoms with van der Waals surface area (Å²) in [5.74, 6) is -0.0358. The molecule has 120 valence electrons. The molecule has 3 atom stereocenters.